The number of aliphatic hydroxyl groups excluding tert-OH is 2. The maximum atomic E-state index is 8.77. The topological polar surface area (TPSA) is 64.5 Å². The molecule has 4 heteroatoms. The predicted molar refractivity (Wildman–Crippen MR) is 47.0 cm³/mol. The summed E-state index contributed by atoms with van der Waals surface area (Å²) in [4.78, 5) is 0. The number of nitrogens with one attached hydrogen (secondary N) is 2. The molecule has 0 bridgehead atoms. The number of rotatable bonds is 4. The summed E-state index contributed by atoms with van der Waals surface area (Å²) in [6.45, 7) is 2.32. The first-order valence-corrected chi connectivity index (χ1v) is 4.57. The normalized spacial score (nSPS) is 30.5. The van der Waals surface area contributed by atoms with E-state index in [2.05, 4.69) is 10.6 Å². The first kappa shape index (κ1) is 9.92. The van der Waals surface area contributed by atoms with Crippen molar-refractivity contribution in [1.29, 1.82) is 0 Å². The lowest BCUT2D eigenvalue weighted by Crippen LogP contribution is -2.56. The van der Waals surface area contributed by atoms with Gasteiger partial charge in [0.2, 0.25) is 0 Å². The Labute approximate surface area is 73.0 Å². The van der Waals surface area contributed by atoms with Crippen LogP contribution >= 0.6 is 0 Å². The average Bonchev–Trinajstić information content (AvgIpc) is 2.09. The second-order valence-corrected chi connectivity index (χ2v) is 3.15. The third-order valence-electron chi connectivity index (χ3n) is 2.30. The molecule has 0 aliphatic carbocycles. The van der Waals surface area contributed by atoms with E-state index in [1.165, 1.54) is 0 Å². The van der Waals surface area contributed by atoms with Crippen LogP contribution in [0.15, 0.2) is 0 Å². The van der Waals surface area contributed by atoms with Crippen LogP contribution in [0.2, 0.25) is 0 Å². The summed E-state index contributed by atoms with van der Waals surface area (Å²) in [5.41, 5.74) is 0. The van der Waals surface area contributed by atoms with Crippen LogP contribution in [0.3, 0.4) is 0 Å². The Kier molecular flexibility index (Phi) is 4.53. The Bertz CT molecular complexity index is 104. The molecule has 4 nitrogen and oxygen atoms in total. The Balaban J connectivity index is 2.31. The largest absolute Gasteiger partial charge is 0.396 e. The van der Waals surface area contributed by atoms with E-state index in [-0.39, 0.29) is 13.2 Å². The van der Waals surface area contributed by atoms with E-state index in [1.54, 1.807) is 0 Å². The highest BCUT2D eigenvalue weighted by molar-refractivity contribution is 4.86. The van der Waals surface area contributed by atoms with Crippen LogP contribution in [0.1, 0.15) is 12.8 Å². The van der Waals surface area contributed by atoms with E-state index in [0.717, 1.165) is 25.9 Å². The molecule has 2 unspecified atom stereocenters. The molecule has 1 fully saturated rings. The number of piperazine rings is 1. The van der Waals surface area contributed by atoms with Crippen LogP contribution in [-0.4, -0.2) is 48.6 Å². The molecule has 0 aromatic carbocycles. The van der Waals surface area contributed by atoms with Crippen molar-refractivity contribution in [2.24, 2.45) is 0 Å². The fraction of sp³-hybridized carbons (Fsp3) is 1.00. The zero-order valence-electron chi connectivity index (χ0n) is 7.29. The van der Waals surface area contributed by atoms with Crippen LogP contribution in [0.25, 0.3) is 0 Å². The van der Waals surface area contributed by atoms with E-state index < -0.39 is 0 Å². The number of hydrogen-bond acceptors (Lipinski definition) is 4. The van der Waals surface area contributed by atoms with Crippen molar-refractivity contribution in [3.8, 4) is 0 Å². The minimum Gasteiger partial charge on any atom is -0.396 e. The van der Waals surface area contributed by atoms with Gasteiger partial charge in [0.25, 0.3) is 0 Å². The monoisotopic (exact) mass is 174 g/mol. The summed E-state index contributed by atoms with van der Waals surface area (Å²) in [6, 6.07) is 0.631. The van der Waals surface area contributed by atoms with Gasteiger partial charge in [-0.15, -0.1) is 0 Å². The molecule has 0 aromatic heterocycles. The summed E-state index contributed by atoms with van der Waals surface area (Å²) >= 11 is 0. The van der Waals surface area contributed by atoms with Crippen LogP contribution in [0, 0.1) is 0 Å². The van der Waals surface area contributed by atoms with Crippen molar-refractivity contribution in [3.63, 3.8) is 0 Å². The van der Waals surface area contributed by atoms with Crippen LogP contribution in [0.5, 0.6) is 0 Å². The van der Waals surface area contributed by atoms with Gasteiger partial charge in [0.05, 0.1) is 0 Å². The Hall–Kier alpha value is -0.160. The van der Waals surface area contributed by atoms with Crippen molar-refractivity contribution >= 4 is 0 Å². The molecule has 72 valence electrons. The van der Waals surface area contributed by atoms with E-state index in [9.17, 15) is 0 Å². The van der Waals surface area contributed by atoms with Crippen molar-refractivity contribution in [3.05, 3.63) is 0 Å². The molecule has 4 N–H and O–H groups in total. The highest BCUT2D eigenvalue weighted by atomic mass is 16.3. The minimum absolute atomic E-state index is 0.210. The number of aliphatic hydroxyl groups is 2. The minimum atomic E-state index is 0.210. The van der Waals surface area contributed by atoms with E-state index in [4.69, 9.17) is 10.2 Å². The molecule has 1 rings (SSSR count). The summed E-state index contributed by atoms with van der Waals surface area (Å²) < 4.78 is 0. The van der Waals surface area contributed by atoms with Gasteiger partial charge in [0, 0.05) is 38.4 Å². The number of hydrogen-bond donors (Lipinski definition) is 4. The summed E-state index contributed by atoms with van der Waals surface area (Å²) in [6.07, 6.45) is 1.52. The lowest BCUT2D eigenvalue weighted by Gasteiger charge is -2.33. The molecule has 0 radical (unpaired) electrons. The second kappa shape index (κ2) is 5.48. The summed E-state index contributed by atoms with van der Waals surface area (Å²) in [5, 5.41) is 24.2. The lowest BCUT2D eigenvalue weighted by molar-refractivity contribution is 0.196. The van der Waals surface area contributed by atoms with E-state index >= 15 is 0 Å². The Morgan fingerprint density at radius 2 is 1.33 bits per heavy atom. The zero-order chi connectivity index (χ0) is 8.81. The van der Waals surface area contributed by atoms with Crippen molar-refractivity contribution in [2.45, 2.75) is 24.9 Å². The lowest BCUT2D eigenvalue weighted by atomic mass is 10.0. The van der Waals surface area contributed by atoms with Crippen molar-refractivity contribution in [1.82, 2.24) is 10.6 Å². The third kappa shape index (κ3) is 2.71. The molecule has 0 aromatic rings. The fourth-order valence-corrected chi connectivity index (χ4v) is 1.68. The molecule has 0 saturated carbocycles. The van der Waals surface area contributed by atoms with Gasteiger partial charge in [0.1, 0.15) is 0 Å². The highest BCUT2D eigenvalue weighted by Gasteiger charge is 2.22. The SMILES string of the molecule is OCCC1NCCNC1CCO. The van der Waals surface area contributed by atoms with Gasteiger partial charge in [-0.1, -0.05) is 0 Å². The standard InChI is InChI=1S/C8H18N2O2/c11-5-1-7-8(2-6-12)10-4-3-9-7/h7-12H,1-6H2. The molecule has 0 amide bonds. The summed E-state index contributed by atoms with van der Waals surface area (Å²) in [7, 11) is 0. The molecular weight excluding hydrogens is 156 g/mol. The van der Waals surface area contributed by atoms with Crippen LogP contribution < -0.4 is 10.6 Å². The second-order valence-electron chi connectivity index (χ2n) is 3.15. The quantitative estimate of drug-likeness (QED) is 0.427. The van der Waals surface area contributed by atoms with E-state index in [1.807, 2.05) is 0 Å². The van der Waals surface area contributed by atoms with Gasteiger partial charge in [-0.25, -0.2) is 0 Å². The third-order valence-corrected chi connectivity index (χ3v) is 2.30. The molecule has 1 heterocycles. The van der Waals surface area contributed by atoms with Gasteiger partial charge < -0.3 is 20.8 Å². The van der Waals surface area contributed by atoms with Gasteiger partial charge in [-0.05, 0) is 12.8 Å². The molecule has 1 aliphatic rings. The van der Waals surface area contributed by atoms with E-state index in [0.29, 0.717) is 12.1 Å². The molecule has 0 spiro atoms. The van der Waals surface area contributed by atoms with Gasteiger partial charge in [0.15, 0.2) is 0 Å². The Morgan fingerprint density at radius 1 is 0.917 bits per heavy atom. The molecule has 1 saturated heterocycles. The Morgan fingerprint density at radius 3 is 1.67 bits per heavy atom. The first-order valence-electron chi connectivity index (χ1n) is 4.57. The maximum absolute atomic E-state index is 8.77. The predicted octanol–water partition coefficient (Wildman–Crippen LogP) is -1.32. The highest BCUT2D eigenvalue weighted by Crippen LogP contribution is 2.05. The van der Waals surface area contributed by atoms with Crippen molar-refractivity contribution < 1.29 is 10.2 Å². The smallest absolute Gasteiger partial charge is 0.0446 e. The van der Waals surface area contributed by atoms with Gasteiger partial charge in [-0.2, -0.15) is 0 Å². The molecule has 1 aliphatic heterocycles. The first-order chi connectivity index (χ1) is 5.88. The molecule has 12 heavy (non-hydrogen) atoms. The van der Waals surface area contributed by atoms with Gasteiger partial charge >= 0.3 is 0 Å². The summed E-state index contributed by atoms with van der Waals surface area (Å²) in [5.74, 6) is 0. The van der Waals surface area contributed by atoms with Crippen molar-refractivity contribution in [2.75, 3.05) is 26.3 Å². The van der Waals surface area contributed by atoms with Crippen LogP contribution in [0.4, 0.5) is 0 Å². The zero-order valence-corrected chi connectivity index (χ0v) is 7.29. The van der Waals surface area contributed by atoms with Crippen LogP contribution in [-0.2, 0) is 0 Å². The molecular formula is C8H18N2O2. The maximum Gasteiger partial charge on any atom is 0.0446 e. The van der Waals surface area contributed by atoms with Gasteiger partial charge in [-0.3, -0.25) is 0 Å². The fourth-order valence-electron chi connectivity index (χ4n) is 1.68. The average molecular weight is 174 g/mol. The molecule has 2 atom stereocenters.